The summed E-state index contributed by atoms with van der Waals surface area (Å²) in [5.74, 6) is 0.953. The van der Waals surface area contributed by atoms with E-state index in [-0.39, 0.29) is 6.10 Å². The van der Waals surface area contributed by atoms with Crippen LogP contribution in [0, 0.1) is 0 Å². The van der Waals surface area contributed by atoms with Crippen molar-refractivity contribution in [1.82, 2.24) is 4.90 Å². The quantitative estimate of drug-likeness (QED) is 0.657. The Morgan fingerprint density at radius 3 is 2.27 bits per heavy atom. The van der Waals surface area contributed by atoms with Crippen LogP contribution in [-0.4, -0.2) is 26.0 Å². The summed E-state index contributed by atoms with van der Waals surface area (Å²) in [5, 5.41) is 4.47. The lowest BCUT2D eigenvalue weighted by Crippen LogP contribution is -2.01. The fourth-order valence-corrected chi connectivity index (χ4v) is 2.78. The largest absolute Gasteiger partial charge is 0.485 e. The number of rotatable bonds is 3. The van der Waals surface area contributed by atoms with Crippen molar-refractivity contribution in [1.29, 1.82) is 0 Å². The van der Waals surface area contributed by atoms with Gasteiger partial charge in [0.15, 0.2) is 0 Å². The molecule has 0 amide bonds. The SMILES string of the molecule is CC(Oc1cccc2ccccc12)c1cccs1.CN(C)C. The number of benzene rings is 2. The third-order valence-corrected chi connectivity index (χ3v) is 4.03. The van der Waals surface area contributed by atoms with E-state index in [0.29, 0.717) is 0 Å². The van der Waals surface area contributed by atoms with Gasteiger partial charge in [-0.3, -0.25) is 0 Å². The highest BCUT2D eigenvalue weighted by atomic mass is 32.1. The molecule has 1 unspecified atom stereocenters. The number of nitrogens with zero attached hydrogens (tertiary/aromatic N) is 1. The Kier molecular flexibility index (Phi) is 5.99. The van der Waals surface area contributed by atoms with Crippen molar-refractivity contribution in [3.63, 3.8) is 0 Å². The van der Waals surface area contributed by atoms with Gasteiger partial charge in [-0.05, 0) is 51.0 Å². The number of hydrogen-bond acceptors (Lipinski definition) is 3. The maximum atomic E-state index is 6.08. The highest BCUT2D eigenvalue weighted by Crippen LogP contribution is 2.30. The number of hydrogen-bond donors (Lipinski definition) is 0. The van der Waals surface area contributed by atoms with E-state index in [0.717, 1.165) is 5.75 Å². The predicted molar refractivity (Wildman–Crippen MR) is 96.9 cm³/mol. The topological polar surface area (TPSA) is 12.5 Å². The molecule has 0 aliphatic rings. The number of fused-ring (bicyclic) bond motifs is 1. The average molecular weight is 313 g/mol. The molecule has 1 aromatic heterocycles. The van der Waals surface area contributed by atoms with Gasteiger partial charge in [-0.2, -0.15) is 0 Å². The first-order chi connectivity index (χ1) is 10.6. The van der Waals surface area contributed by atoms with Crippen LogP contribution < -0.4 is 4.74 Å². The zero-order valence-corrected chi connectivity index (χ0v) is 14.4. The molecule has 0 radical (unpaired) electrons. The molecular formula is C19H23NOS. The maximum Gasteiger partial charge on any atom is 0.130 e. The maximum absolute atomic E-state index is 6.08. The molecule has 0 spiro atoms. The molecule has 0 N–H and O–H groups in total. The summed E-state index contributed by atoms with van der Waals surface area (Å²) in [4.78, 5) is 3.25. The van der Waals surface area contributed by atoms with Crippen molar-refractivity contribution in [2.45, 2.75) is 13.0 Å². The molecule has 0 saturated heterocycles. The Labute approximate surface area is 137 Å². The lowest BCUT2D eigenvalue weighted by Gasteiger charge is -2.15. The van der Waals surface area contributed by atoms with Gasteiger partial charge in [0.25, 0.3) is 0 Å². The molecule has 0 saturated carbocycles. The van der Waals surface area contributed by atoms with Gasteiger partial charge in [-0.1, -0.05) is 42.5 Å². The van der Waals surface area contributed by atoms with Crippen molar-refractivity contribution in [2.24, 2.45) is 0 Å². The van der Waals surface area contributed by atoms with E-state index in [4.69, 9.17) is 4.74 Å². The third kappa shape index (κ3) is 4.58. The molecule has 3 rings (SSSR count). The number of ether oxygens (including phenoxy) is 1. The highest BCUT2D eigenvalue weighted by Gasteiger charge is 2.09. The van der Waals surface area contributed by atoms with E-state index in [1.54, 1.807) is 11.3 Å². The van der Waals surface area contributed by atoms with Crippen molar-refractivity contribution < 1.29 is 4.74 Å². The summed E-state index contributed by atoms with van der Waals surface area (Å²) in [6, 6.07) is 18.7. The van der Waals surface area contributed by atoms with Gasteiger partial charge in [0.05, 0.1) is 0 Å². The first kappa shape index (κ1) is 16.5. The molecule has 2 nitrogen and oxygen atoms in total. The van der Waals surface area contributed by atoms with Crippen LogP contribution in [0.2, 0.25) is 0 Å². The van der Waals surface area contributed by atoms with Crippen molar-refractivity contribution in [2.75, 3.05) is 21.1 Å². The van der Waals surface area contributed by atoms with Gasteiger partial charge in [-0.25, -0.2) is 0 Å². The average Bonchev–Trinajstić information content (AvgIpc) is 3.01. The Morgan fingerprint density at radius 1 is 0.909 bits per heavy atom. The van der Waals surface area contributed by atoms with Crippen molar-refractivity contribution >= 4 is 22.1 Å². The summed E-state index contributed by atoms with van der Waals surface area (Å²) in [6.07, 6.45) is 0.0933. The Balaban J connectivity index is 0.000000396. The molecule has 0 aliphatic carbocycles. The highest BCUT2D eigenvalue weighted by molar-refractivity contribution is 7.10. The van der Waals surface area contributed by atoms with Crippen molar-refractivity contribution in [3.05, 3.63) is 64.9 Å². The molecule has 0 aliphatic heterocycles. The van der Waals surface area contributed by atoms with Crippen molar-refractivity contribution in [3.8, 4) is 5.75 Å². The first-order valence-electron chi connectivity index (χ1n) is 7.36. The van der Waals surface area contributed by atoms with Crippen LogP contribution in [0.3, 0.4) is 0 Å². The van der Waals surface area contributed by atoms with E-state index in [1.807, 2.05) is 44.2 Å². The van der Waals surface area contributed by atoms with Crippen LogP contribution in [0.5, 0.6) is 5.75 Å². The van der Waals surface area contributed by atoms with Crippen LogP contribution in [0.4, 0.5) is 0 Å². The molecule has 3 heteroatoms. The lowest BCUT2D eigenvalue weighted by molar-refractivity contribution is 0.234. The minimum absolute atomic E-state index is 0.0933. The van der Waals surface area contributed by atoms with Gasteiger partial charge in [-0.15, -0.1) is 11.3 Å². The van der Waals surface area contributed by atoms with Crippen LogP contribution >= 0.6 is 11.3 Å². The molecule has 0 fully saturated rings. The Morgan fingerprint density at radius 2 is 1.59 bits per heavy atom. The molecule has 2 aromatic carbocycles. The normalized spacial score (nSPS) is 11.9. The van der Waals surface area contributed by atoms with Crippen LogP contribution in [0.15, 0.2) is 60.0 Å². The molecular weight excluding hydrogens is 290 g/mol. The monoisotopic (exact) mass is 313 g/mol. The molecule has 0 bridgehead atoms. The van der Waals surface area contributed by atoms with E-state index in [2.05, 4.69) is 48.7 Å². The fraction of sp³-hybridized carbons (Fsp3) is 0.263. The van der Waals surface area contributed by atoms with E-state index >= 15 is 0 Å². The first-order valence-corrected chi connectivity index (χ1v) is 8.24. The Bertz CT molecular complexity index is 683. The molecule has 1 atom stereocenters. The van der Waals surface area contributed by atoms with E-state index < -0.39 is 0 Å². The minimum atomic E-state index is 0.0933. The zero-order valence-electron chi connectivity index (χ0n) is 13.6. The van der Waals surface area contributed by atoms with Gasteiger partial charge in [0.2, 0.25) is 0 Å². The summed E-state index contributed by atoms with van der Waals surface area (Å²) >= 11 is 1.73. The second-order valence-electron chi connectivity index (χ2n) is 5.59. The summed E-state index contributed by atoms with van der Waals surface area (Å²) in [5.41, 5.74) is 0. The van der Waals surface area contributed by atoms with Crippen LogP contribution in [0.1, 0.15) is 17.9 Å². The summed E-state index contributed by atoms with van der Waals surface area (Å²) in [7, 11) is 6.00. The predicted octanol–water partition coefficient (Wildman–Crippen LogP) is 5.22. The van der Waals surface area contributed by atoms with Crippen LogP contribution in [-0.2, 0) is 0 Å². The second kappa shape index (κ2) is 7.97. The van der Waals surface area contributed by atoms with E-state index in [1.165, 1.54) is 15.6 Å². The Hall–Kier alpha value is -1.84. The smallest absolute Gasteiger partial charge is 0.130 e. The second-order valence-corrected chi connectivity index (χ2v) is 6.57. The van der Waals surface area contributed by atoms with E-state index in [9.17, 15) is 0 Å². The minimum Gasteiger partial charge on any atom is -0.485 e. The van der Waals surface area contributed by atoms with Gasteiger partial charge >= 0.3 is 0 Å². The third-order valence-electron chi connectivity index (χ3n) is 3.00. The molecule has 22 heavy (non-hydrogen) atoms. The standard InChI is InChI=1S/C16H14OS.C3H9N/c1-12(16-10-5-11-18-16)17-15-9-4-7-13-6-2-3-8-14(13)15;1-4(2)3/h2-12H,1H3;1-3H3. The molecule has 116 valence electrons. The summed E-state index contributed by atoms with van der Waals surface area (Å²) < 4.78 is 6.08. The molecule has 3 aromatic rings. The van der Waals surface area contributed by atoms with Crippen LogP contribution in [0.25, 0.3) is 10.8 Å². The molecule has 1 heterocycles. The number of thiophene rings is 1. The van der Waals surface area contributed by atoms with Gasteiger partial charge in [0, 0.05) is 10.3 Å². The fourth-order valence-electron chi connectivity index (χ4n) is 2.07. The van der Waals surface area contributed by atoms with Gasteiger partial charge in [0.1, 0.15) is 11.9 Å². The lowest BCUT2D eigenvalue weighted by atomic mass is 10.1. The zero-order chi connectivity index (χ0) is 15.9. The van der Waals surface area contributed by atoms with Gasteiger partial charge < -0.3 is 9.64 Å². The summed E-state index contributed by atoms with van der Waals surface area (Å²) in [6.45, 7) is 2.09.